The number of quaternary nitrogens is 1. The van der Waals surface area contributed by atoms with Crippen molar-refractivity contribution < 1.29 is 15.2 Å². The molecule has 1 atom stereocenters. The highest BCUT2D eigenvalue weighted by molar-refractivity contribution is 5.38. The number of hydrogen-bond acceptors (Lipinski definition) is 2. The first kappa shape index (κ1) is 15.7. The van der Waals surface area contributed by atoms with Crippen LogP contribution in [0.1, 0.15) is 24.5 Å². The predicted molar refractivity (Wildman–Crippen MR) is 78.5 cm³/mol. The lowest BCUT2D eigenvalue weighted by Crippen LogP contribution is -2.86. The van der Waals surface area contributed by atoms with Gasteiger partial charge in [0, 0.05) is 6.42 Å². The van der Waals surface area contributed by atoms with Gasteiger partial charge in [-0.05, 0) is 31.9 Å². The monoisotopic (exact) mass is 264 g/mol. The Morgan fingerprint density at radius 1 is 1.47 bits per heavy atom. The average Bonchev–Trinajstić information content (AvgIpc) is 2.36. The van der Waals surface area contributed by atoms with E-state index >= 15 is 0 Å². The summed E-state index contributed by atoms with van der Waals surface area (Å²) in [5, 5.41) is 11.3. The van der Waals surface area contributed by atoms with E-state index in [0.717, 1.165) is 31.7 Å². The molecule has 0 unspecified atom stereocenters. The van der Waals surface area contributed by atoms with Crippen molar-refractivity contribution in [3.63, 3.8) is 0 Å². The van der Waals surface area contributed by atoms with Crippen LogP contribution >= 0.6 is 0 Å². The van der Waals surface area contributed by atoms with Gasteiger partial charge in [-0.25, -0.2) is 0 Å². The number of benzene rings is 1. The van der Waals surface area contributed by atoms with Crippen molar-refractivity contribution in [1.29, 1.82) is 0 Å². The highest BCUT2D eigenvalue weighted by atomic mass is 16.5. The molecule has 0 amide bonds. The zero-order chi connectivity index (χ0) is 14.1. The number of nitrogens with two attached hydrogens (primary N) is 1. The molecule has 0 bridgehead atoms. The molecule has 1 aromatic rings. The van der Waals surface area contributed by atoms with Crippen molar-refractivity contribution in [3.05, 3.63) is 42.0 Å². The molecule has 0 aromatic heterocycles. The molecular formula is C16H26NO2+. The number of hydrogen-bond donors (Lipinski definition) is 2. The topological polar surface area (TPSA) is 46.1 Å². The second-order valence-electron chi connectivity index (χ2n) is 4.97. The minimum atomic E-state index is -0.239. The molecule has 0 aliphatic rings. The third kappa shape index (κ3) is 6.41. The number of aryl methyl sites for hydroxylation is 1. The SMILES string of the molecule is C=CCc1cc(C)ccc1OCCC[NH2+]C[C@H](C)O. The van der Waals surface area contributed by atoms with E-state index in [9.17, 15) is 0 Å². The molecule has 0 fully saturated rings. The van der Waals surface area contributed by atoms with Crippen molar-refractivity contribution in [2.45, 2.75) is 32.8 Å². The molecule has 0 saturated heterocycles. The lowest BCUT2D eigenvalue weighted by Gasteiger charge is -2.11. The minimum absolute atomic E-state index is 0.239. The van der Waals surface area contributed by atoms with Gasteiger partial charge < -0.3 is 15.2 Å². The summed E-state index contributed by atoms with van der Waals surface area (Å²) in [6.45, 7) is 10.1. The van der Waals surface area contributed by atoms with Crippen LogP contribution in [0.4, 0.5) is 0 Å². The maximum atomic E-state index is 9.14. The Labute approximate surface area is 116 Å². The molecule has 0 spiro atoms. The summed E-state index contributed by atoms with van der Waals surface area (Å²) in [5.74, 6) is 0.959. The third-order valence-corrected chi connectivity index (χ3v) is 2.90. The normalized spacial score (nSPS) is 12.2. The highest BCUT2D eigenvalue weighted by Gasteiger charge is 2.03. The highest BCUT2D eigenvalue weighted by Crippen LogP contribution is 2.20. The molecule has 3 N–H and O–H groups in total. The van der Waals surface area contributed by atoms with Gasteiger partial charge in [0.05, 0.1) is 19.3 Å². The fourth-order valence-electron chi connectivity index (χ4n) is 1.93. The summed E-state index contributed by atoms with van der Waals surface area (Å²) >= 11 is 0. The number of rotatable bonds is 9. The van der Waals surface area contributed by atoms with Crippen molar-refractivity contribution in [2.24, 2.45) is 0 Å². The molecule has 0 heterocycles. The number of ether oxygens (including phenoxy) is 1. The Balaban J connectivity index is 2.34. The van der Waals surface area contributed by atoms with E-state index in [-0.39, 0.29) is 6.10 Å². The van der Waals surface area contributed by atoms with Crippen LogP contribution < -0.4 is 10.1 Å². The van der Waals surface area contributed by atoms with E-state index in [1.54, 1.807) is 6.92 Å². The maximum absolute atomic E-state index is 9.14. The van der Waals surface area contributed by atoms with Crippen LogP contribution in [-0.2, 0) is 6.42 Å². The van der Waals surface area contributed by atoms with Gasteiger partial charge in [0.2, 0.25) is 0 Å². The number of aliphatic hydroxyl groups is 1. The van der Waals surface area contributed by atoms with Crippen molar-refractivity contribution in [3.8, 4) is 5.75 Å². The molecule has 0 radical (unpaired) electrons. The molecule has 0 aliphatic heterocycles. The number of aliphatic hydroxyl groups excluding tert-OH is 1. The van der Waals surface area contributed by atoms with Crippen molar-refractivity contribution in [1.82, 2.24) is 0 Å². The largest absolute Gasteiger partial charge is 0.493 e. The summed E-state index contributed by atoms with van der Waals surface area (Å²) in [4.78, 5) is 0. The van der Waals surface area contributed by atoms with E-state index in [0.29, 0.717) is 6.61 Å². The van der Waals surface area contributed by atoms with Crippen LogP contribution in [0.15, 0.2) is 30.9 Å². The summed E-state index contributed by atoms with van der Waals surface area (Å²) in [6.07, 6.45) is 3.48. The van der Waals surface area contributed by atoms with E-state index in [1.165, 1.54) is 11.1 Å². The second-order valence-corrected chi connectivity index (χ2v) is 4.97. The van der Waals surface area contributed by atoms with Gasteiger partial charge in [-0.2, -0.15) is 0 Å². The first-order valence-electron chi connectivity index (χ1n) is 6.96. The van der Waals surface area contributed by atoms with Gasteiger partial charge in [0.1, 0.15) is 12.3 Å². The van der Waals surface area contributed by atoms with Gasteiger partial charge in [0.15, 0.2) is 0 Å². The molecule has 106 valence electrons. The fourth-order valence-corrected chi connectivity index (χ4v) is 1.93. The quantitative estimate of drug-likeness (QED) is 0.523. The maximum Gasteiger partial charge on any atom is 0.122 e. The molecule has 1 aromatic carbocycles. The molecular weight excluding hydrogens is 238 g/mol. The lowest BCUT2D eigenvalue weighted by atomic mass is 10.1. The summed E-state index contributed by atoms with van der Waals surface area (Å²) < 4.78 is 5.82. The Kier molecular flexibility index (Phi) is 7.23. The van der Waals surface area contributed by atoms with Crippen molar-refractivity contribution in [2.75, 3.05) is 19.7 Å². The Morgan fingerprint density at radius 3 is 2.95 bits per heavy atom. The minimum Gasteiger partial charge on any atom is -0.493 e. The molecule has 0 saturated carbocycles. The standard InChI is InChI=1S/C16H25NO2/c1-4-6-15-11-13(2)7-8-16(15)19-10-5-9-17-12-14(3)18/h4,7-8,11,14,17-18H,1,5-6,9-10,12H2,2-3H3/p+1/t14-/m0/s1. The van der Waals surface area contributed by atoms with Crippen LogP contribution in [0.5, 0.6) is 5.75 Å². The molecule has 3 heteroatoms. The molecule has 19 heavy (non-hydrogen) atoms. The average molecular weight is 264 g/mol. The Morgan fingerprint density at radius 2 is 2.26 bits per heavy atom. The molecule has 3 nitrogen and oxygen atoms in total. The first-order valence-corrected chi connectivity index (χ1v) is 6.96. The predicted octanol–water partition coefficient (Wildman–Crippen LogP) is 1.44. The molecule has 1 rings (SSSR count). The Hall–Kier alpha value is -1.32. The summed E-state index contributed by atoms with van der Waals surface area (Å²) in [6, 6.07) is 6.26. The smallest absolute Gasteiger partial charge is 0.122 e. The fraction of sp³-hybridized carbons (Fsp3) is 0.500. The lowest BCUT2D eigenvalue weighted by molar-refractivity contribution is -0.660. The van der Waals surface area contributed by atoms with Gasteiger partial charge in [-0.3, -0.25) is 0 Å². The first-order chi connectivity index (χ1) is 9.13. The van der Waals surface area contributed by atoms with Gasteiger partial charge in [-0.1, -0.05) is 23.8 Å². The number of allylic oxidation sites excluding steroid dienone is 1. The Bertz CT molecular complexity index is 388. The second kappa shape index (κ2) is 8.73. The summed E-state index contributed by atoms with van der Waals surface area (Å²) in [5.41, 5.74) is 2.44. The zero-order valence-corrected chi connectivity index (χ0v) is 12.1. The van der Waals surface area contributed by atoms with Crippen LogP contribution in [0.3, 0.4) is 0 Å². The van der Waals surface area contributed by atoms with E-state index < -0.39 is 0 Å². The van der Waals surface area contributed by atoms with Crippen molar-refractivity contribution >= 4 is 0 Å². The van der Waals surface area contributed by atoms with E-state index in [2.05, 4.69) is 31.0 Å². The van der Waals surface area contributed by atoms with Crippen LogP contribution in [-0.4, -0.2) is 30.9 Å². The summed E-state index contributed by atoms with van der Waals surface area (Å²) in [7, 11) is 0. The van der Waals surface area contributed by atoms with Crippen LogP contribution in [0.2, 0.25) is 0 Å². The van der Waals surface area contributed by atoms with Crippen LogP contribution in [0.25, 0.3) is 0 Å². The zero-order valence-electron chi connectivity index (χ0n) is 12.1. The van der Waals surface area contributed by atoms with E-state index in [4.69, 9.17) is 9.84 Å². The van der Waals surface area contributed by atoms with Gasteiger partial charge >= 0.3 is 0 Å². The van der Waals surface area contributed by atoms with Gasteiger partial charge in [-0.15, -0.1) is 6.58 Å². The van der Waals surface area contributed by atoms with Crippen LogP contribution in [0, 0.1) is 6.92 Å². The van der Waals surface area contributed by atoms with Gasteiger partial charge in [0.25, 0.3) is 0 Å². The molecule has 0 aliphatic carbocycles. The van der Waals surface area contributed by atoms with E-state index in [1.807, 2.05) is 12.1 Å². The third-order valence-electron chi connectivity index (χ3n) is 2.90.